The number of hydrogen-bond acceptors (Lipinski definition) is 2. The molecule has 0 saturated heterocycles. The number of benzene rings is 1. The van der Waals surface area contributed by atoms with Crippen LogP contribution in [0.3, 0.4) is 0 Å². The number of nitrogens with two attached hydrogens (primary N) is 1. The number of amidine groups is 1. The highest BCUT2D eigenvalue weighted by Crippen LogP contribution is 2.19. The number of aliphatic imine (C=N–C) groups is 1. The molecule has 5 heteroatoms. The molecule has 3 N–H and O–H groups in total. The monoisotopic (exact) mass is 287 g/mol. The molecule has 0 aliphatic rings. The highest BCUT2D eigenvalue weighted by molar-refractivity contribution is 9.10. The molecule has 0 fully saturated rings. The van der Waals surface area contributed by atoms with Crippen LogP contribution in [0.5, 0.6) is 0 Å². The van der Waals surface area contributed by atoms with Gasteiger partial charge in [0.05, 0.1) is 5.54 Å². The average molecular weight is 288 g/mol. The van der Waals surface area contributed by atoms with Crippen molar-refractivity contribution in [3.05, 3.63) is 34.1 Å². The molecule has 3 nitrogen and oxygen atoms in total. The molecule has 1 aromatic carbocycles. The lowest BCUT2D eigenvalue weighted by Crippen LogP contribution is -2.34. The van der Waals surface area contributed by atoms with Crippen LogP contribution in [0, 0.1) is 5.82 Å². The van der Waals surface area contributed by atoms with E-state index in [1.54, 1.807) is 6.07 Å². The van der Waals surface area contributed by atoms with Gasteiger partial charge in [-0.15, -0.1) is 0 Å². The molecule has 0 heterocycles. The Morgan fingerprint density at radius 1 is 1.44 bits per heavy atom. The third-order valence-electron chi connectivity index (χ3n) is 1.77. The summed E-state index contributed by atoms with van der Waals surface area (Å²) in [7, 11) is 0. The molecule has 0 aromatic heterocycles. The van der Waals surface area contributed by atoms with E-state index >= 15 is 0 Å². The van der Waals surface area contributed by atoms with Crippen LogP contribution in [0.2, 0.25) is 0 Å². The zero-order valence-corrected chi connectivity index (χ0v) is 11.1. The molecule has 0 bridgehead atoms. The summed E-state index contributed by atoms with van der Waals surface area (Å²) in [4.78, 5) is 4.38. The van der Waals surface area contributed by atoms with Crippen molar-refractivity contribution < 1.29 is 4.39 Å². The van der Waals surface area contributed by atoms with Gasteiger partial charge in [0, 0.05) is 10.0 Å². The third-order valence-corrected chi connectivity index (χ3v) is 2.46. The van der Waals surface area contributed by atoms with E-state index in [1.165, 1.54) is 12.1 Å². The van der Waals surface area contributed by atoms with E-state index in [9.17, 15) is 4.39 Å². The largest absolute Gasteiger partial charge is 0.308 e. The smallest absolute Gasteiger partial charge is 0.144 e. The Balaban J connectivity index is 3.24. The first kappa shape index (κ1) is 13.1. The third kappa shape index (κ3) is 3.57. The maximum absolute atomic E-state index is 13.1. The van der Waals surface area contributed by atoms with Gasteiger partial charge in [-0.2, -0.15) is 0 Å². The fraction of sp³-hybridized carbons (Fsp3) is 0.364. The zero-order valence-electron chi connectivity index (χ0n) is 9.51. The Morgan fingerprint density at radius 2 is 2.06 bits per heavy atom. The number of hydrazine groups is 1. The van der Waals surface area contributed by atoms with E-state index in [4.69, 9.17) is 5.84 Å². The fourth-order valence-electron chi connectivity index (χ4n) is 1.18. The summed E-state index contributed by atoms with van der Waals surface area (Å²) in [6.45, 7) is 5.83. The van der Waals surface area contributed by atoms with Crippen molar-refractivity contribution in [2.75, 3.05) is 0 Å². The topological polar surface area (TPSA) is 50.4 Å². The Kier molecular flexibility index (Phi) is 4.04. The standard InChI is InChI=1S/C11H15BrFN3/c1-11(2,3)15-10(16-14)8-6-7(13)4-5-9(8)12/h4-6H,14H2,1-3H3,(H,15,16). The minimum absolute atomic E-state index is 0.284. The molecule has 1 aromatic rings. The van der Waals surface area contributed by atoms with Gasteiger partial charge in [0.15, 0.2) is 0 Å². The maximum Gasteiger partial charge on any atom is 0.144 e. The Morgan fingerprint density at radius 3 is 2.56 bits per heavy atom. The molecule has 0 saturated carbocycles. The number of nitrogens with zero attached hydrogens (tertiary/aromatic N) is 1. The predicted molar refractivity (Wildman–Crippen MR) is 67.7 cm³/mol. The van der Waals surface area contributed by atoms with Crippen molar-refractivity contribution in [1.82, 2.24) is 5.43 Å². The molecule has 0 atom stereocenters. The SMILES string of the molecule is CC(C)(C)N=C(NN)c1cc(F)ccc1Br. The molecule has 0 aliphatic carbocycles. The first-order chi connectivity index (χ1) is 7.33. The van der Waals surface area contributed by atoms with Crippen molar-refractivity contribution in [3.63, 3.8) is 0 Å². The molecule has 16 heavy (non-hydrogen) atoms. The van der Waals surface area contributed by atoms with Gasteiger partial charge in [-0.1, -0.05) is 15.9 Å². The lowest BCUT2D eigenvalue weighted by atomic mass is 10.1. The molecule has 0 amide bonds. The van der Waals surface area contributed by atoms with Crippen LogP contribution in [0.15, 0.2) is 27.7 Å². The fourth-order valence-corrected chi connectivity index (χ4v) is 1.62. The van der Waals surface area contributed by atoms with Crippen LogP contribution in [-0.4, -0.2) is 11.4 Å². The molecule has 0 radical (unpaired) electrons. The molecule has 0 spiro atoms. The van der Waals surface area contributed by atoms with Crippen molar-refractivity contribution >= 4 is 21.8 Å². The van der Waals surface area contributed by atoms with E-state index in [0.29, 0.717) is 11.4 Å². The lowest BCUT2D eigenvalue weighted by Gasteiger charge is -2.16. The summed E-state index contributed by atoms with van der Waals surface area (Å²) >= 11 is 3.34. The van der Waals surface area contributed by atoms with Crippen molar-refractivity contribution in [1.29, 1.82) is 0 Å². The van der Waals surface area contributed by atoms with Crippen molar-refractivity contribution in [3.8, 4) is 0 Å². The van der Waals surface area contributed by atoms with Crippen molar-refractivity contribution in [2.24, 2.45) is 10.8 Å². The molecule has 88 valence electrons. The Bertz CT molecular complexity index is 410. The highest BCUT2D eigenvalue weighted by Gasteiger charge is 2.13. The van der Waals surface area contributed by atoms with Gasteiger partial charge in [-0.3, -0.25) is 4.99 Å². The second kappa shape index (κ2) is 4.93. The minimum atomic E-state index is -0.324. The summed E-state index contributed by atoms with van der Waals surface area (Å²) in [5, 5.41) is 0. The number of nitrogens with one attached hydrogen (secondary N) is 1. The van der Waals surface area contributed by atoms with Gasteiger partial charge in [-0.25, -0.2) is 10.2 Å². The van der Waals surface area contributed by atoms with Gasteiger partial charge >= 0.3 is 0 Å². The van der Waals surface area contributed by atoms with Crippen LogP contribution in [0.25, 0.3) is 0 Å². The van der Waals surface area contributed by atoms with Gasteiger partial charge in [0.25, 0.3) is 0 Å². The van der Waals surface area contributed by atoms with Crippen LogP contribution < -0.4 is 11.3 Å². The highest BCUT2D eigenvalue weighted by atomic mass is 79.9. The second-order valence-corrected chi connectivity index (χ2v) is 5.25. The van der Waals surface area contributed by atoms with Gasteiger partial charge < -0.3 is 5.43 Å². The van der Waals surface area contributed by atoms with E-state index in [-0.39, 0.29) is 11.4 Å². The minimum Gasteiger partial charge on any atom is -0.308 e. The summed E-state index contributed by atoms with van der Waals surface area (Å²) in [6, 6.07) is 4.38. The van der Waals surface area contributed by atoms with E-state index in [0.717, 1.165) is 4.47 Å². The second-order valence-electron chi connectivity index (χ2n) is 4.40. The molecule has 0 unspecified atom stereocenters. The summed E-state index contributed by atoms with van der Waals surface area (Å²) in [5.41, 5.74) is 2.82. The van der Waals surface area contributed by atoms with Crippen LogP contribution in [0.4, 0.5) is 4.39 Å². The summed E-state index contributed by atoms with van der Waals surface area (Å²) in [5.74, 6) is 5.54. The summed E-state index contributed by atoms with van der Waals surface area (Å²) in [6.07, 6.45) is 0. The Labute approximate surface area is 103 Å². The lowest BCUT2D eigenvalue weighted by molar-refractivity contribution is 0.579. The summed E-state index contributed by atoms with van der Waals surface area (Å²) < 4.78 is 13.9. The number of rotatable bonds is 1. The normalized spacial score (nSPS) is 12.8. The van der Waals surface area contributed by atoms with E-state index in [1.807, 2.05) is 20.8 Å². The van der Waals surface area contributed by atoms with E-state index in [2.05, 4.69) is 26.3 Å². The first-order valence-electron chi connectivity index (χ1n) is 4.85. The predicted octanol–water partition coefficient (Wildman–Crippen LogP) is 2.60. The number of halogens is 2. The van der Waals surface area contributed by atoms with Gasteiger partial charge in [-0.05, 0) is 39.0 Å². The maximum atomic E-state index is 13.1. The first-order valence-corrected chi connectivity index (χ1v) is 5.64. The zero-order chi connectivity index (χ0) is 12.3. The van der Waals surface area contributed by atoms with Gasteiger partial charge in [0.2, 0.25) is 0 Å². The number of hydrogen-bond donors (Lipinski definition) is 2. The molecule has 1 rings (SSSR count). The Hall–Kier alpha value is -0.940. The van der Waals surface area contributed by atoms with Gasteiger partial charge in [0.1, 0.15) is 11.7 Å². The van der Waals surface area contributed by atoms with Crippen LogP contribution in [0.1, 0.15) is 26.3 Å². The molecule has 0 aliphatic heterocycles. The quantitative estimate of drug-likeness (QED) is 0.361. The van der Waals surface area contributed by atoms with Crippen LogP contribution >= 0.6 is 15.9 Å². The van der Waals surface area contributed by atoms with Crippen LogP contribution in [-0.2, 0) is 0 Å². The molecular formula is C11H15BrFN3. The van der Waals surface area contributed by atoms with E-state index < -0.39 is 0 Å². The van der Waals surface area contributed by atoms with Crippen molar-refractivity contribution in [2.45, 2.75) is 26.3 Å². The average Bonchev–Trinajstić information content (AvgIpc) is 2.17. The molecular weight excluding hydrogens is 273 g/mol.